The molecular weight excluding hydrogens is 279 g/mol. The summed E-state index contributed by atoms with van der Waals surface area (Å²) in [4.78, 5) is 8.43. The summed E-state index contributed by atoms with van der Waals surface area (Å²) in [5, 5.41) is 10.1. The second-order valence-corrected chi connectivity index (χ2v) is 4.25. The van der Waals surface area contributed by atoms with Gasteiger partial charge in [0, 0.05) is 16.3 Å². The largest absolute Gasteiger partial charge is 0.396 e. The molecule has 5 heteroatoms. The third kappa shape index (κ3) is 2.12. The van der Waals surface area contributed by atoms with Gasteiger partial charge in [0.25, 0.3) is 0 Å². The number of para-hydroxylation sites is 1. The van der Waals surface area contributed by atoms with Gasteiger partial charge in [-0.3, -0.25) is 0 Å². The molecule has 2 aromatic rings. The van der Waals surface area contributed by atoms with Crippen molar-refractivity contribution < 1.29 is 5.11 Å². The number of hydrogen-bond acceptors (Lipinski definition) is 3. The number of halogens is 2. The lowest BCUT2D eigenvalue weighted by atomic mass is 10.2. The molecule has 0 saturated carbocycles. The number of aliphatic hydroxyl groups is 1. The molecule has 0 fully saturated rings. The predicted molar refractivity (Wildman–Crippen MR) is 63.0 cm³/mol. The Morgan fingerprint density at radius 2 is 2.13 bits per heavy atom. The van der Waals surface area contributed by atoms with Crippen LogP contribution in [0.1, 0.15) is 5.82 Å². The van der Waals surface area contributed by atoms with Gasteiger partial charge in [0.05, 0.1) is 12.1 Å². The lowest BCUT2D eigenvalue weighted by molar-refractivity contribution is 0.297. The van der Waals surface area contributed by atoms with E-state index in [4.69, 9.17) is 16.7 Å². The molecule has 0 spiro atoms. The molecule has 0 unspecified atom stereocenters. The van der Waals surface area contributed by atoms with E-state index in [0.717, 1.165) is 15.4 Å². The van der Waals surface area contributed by atoms with Crippen molar-refractivity contribution in [2.75, 3.05) is 6.61 Å². The molecule has 1 aromatic heterocycles. The fourth-order valence-corrected chi connectivity index (χ4v) is 2.04. The first-order valence-corrected chi connectivity index (χ1v) is 5.61. The van der Waals surface area contributed by atoms with E-state index in [1.165, 1.54) is 0 Å². The highest BCUT2D eigenvalue weighted by molar-refractivity contribution is 9.10. The summed E-state index contributed by atoms with van der Waals surface area (Å²) in [6, 6.07) is 5.65. The molecule has 3 nitrogen and oxygen atoms in total. The van der Waals surface area contributed by atoms with Crippen LogP contribution in [0.5, 0.6) is 0 Å². The lowest BCUT2D eigenvalue weighted by Crippen LogP contribution is -1.99. The topological polar surface area (TPSA) is 46.0 Å². The minimum Gasteiger partial charge on any atom is -0.396 e. The second-order valence-electron chi connectivity index (χ2n) is 3.04. The van der Waals surface area contributed by atoms with Crippen LogP contribution in [0, 0.1) is 0 Å². The van der Waals surface area contributed by atoms with Gasteiger partial charge in [0.1, 0.15) is 11.0 Å². The first-order valence-electron chi connectivity index (χ1n) is 4.44. The highest BCUT2D eigenvalue weighted by Gasteiger charge is 2.07. The van der Waals surface area contributed by atoms with Crippen molar-refractivity contribution in [2.24, 2.45) is 0 Å². The summed E-state index contributed by atoms with van der Waals surface area (Å²) in [5.41, 5.74) is 0.779. The van der Waals surface area contributed by atoms with Gasteiger partial charge in [0.15, 0.2) is 0 Å². The van der Waals surface area contributed by atoms with Gasteiger partial charge in [-0.05, 0) is 28.1 Å². The Hall–Kier alpha value is -0.710. The van der Waals surface area contributed by atoms with Crippen molar-refractivity contribution in [1.82, 2.24) is 9.97 Å². The normalized spacial score (nSPS) is 10.9. The second kappa shape index (κ2) is 4.43. The first-order chi connectivity index (χ1) is 7.22. The summed E-state index contributed by atoms with van der Waals surface area (Å²) in [6.45, 7) is 0.0201. The predicted octanol–water partition coefficient (Wildman–Crippen LogP) is 2.58. The molecule has 0 aliphatic heterocycles. The highest BCUT2D eigenvalue weighted by Crippen LogP contribution is 2.26. The van der Waals surface area contributed by atoms with E-state index in [1.807, 2.05) is 18.2 Å². The Morgan fingerprint density at radius 3 is 2.87 bits per heavy atom. The molecule has 2 rings (SSSR count). The summed E-state index contributed by atoms with van der Waals surface area (Å²) in [6.07, 6.45) is 0.414. The van der Waals surface area contributed by atoms with Crippen LogP contribution < -0.4 is 0 Å². The van der Waals surface area contributed by atoms with E-state index in [9.17, 15) is 0 Å². The number of aliphatic hydroxyl groups excluding tert-OH is 1. The van der Waals surface area contributed by atoms with E-state index < -0.39 is 0 Å². The fourth-order valence-electron chi connectivity index (χ4n) is 1.33. The van der Waals surface area contributed by atoms with Crippen LogP contribution in [0.3, 0.4) is 0 Å². The third-order valence-electron chi connectivity index (χ3n) is 2.01. The lowest BCUT2D eigenvalue weighted by Gasteiger charge is -2.04. The van der Waals surface area contributed by atoms with Crippen LogP contribution in [0.25, 0.3) is 10.9 Å². The van der Waals surface area contributed by atoms with E-state index in [1.54, 1.807) is 0 Å². The summed E-state index contributed by atoms with van der Waals surface area (Å²) < 4.78 is 0.878. The van der Waals surface area contributed by atoms with Crippen LogP contribution in [-0.2, 0) is 6.42 Å². The van der Waals surface area contributed by atoms with Crippen molar-refractivity contribution in [2.45, 2.75) is 6.42 Å². The molecule has 0 bridgehead atoms. The molecule has 1 N–H and O–H groups in total. The van der Waals surface area contributed by atoms with Crippen molar-refractivity contribution in [3.63, 3.8) is 0 Å². The Labute approximate surface area is 100 Å². The van der Waals surface area contributed by atoms with Gasteiger partial charge in [-0.1, -0.05) is 17.7 Å². The molecule has 0 aliphatic carbocycles. The zero-order valence-corrected chi connectivity index (χ0v) is 10.1. The van der Waals surface area contributed by atoms with E-state index in [-0.39, 0.29) is 6.61 Å². The van der Waals surface area contributed by atoms with Gasteiger partial charge >= 0.3 is 0 Å². The maximum absolute atomic E-state index is 8.82. The minimum atomic E-state index is 0.0201. The van der Waals surface area contributed by atoms with Gasteiger partial charge in [-0.2, -0.15) is 0 Å². The number of nitrogens with zero attached hydrogens (tertiary/aromatic N) is 2. The van der Waals surface area contributed by atoms with Crippen LogP contribution in [0.2, 0.25) is 5.15 Å². The van der Waals surface area contributed by atoms with E-state index >= 15 is 0 Å². The van der Waals surface area contributed by atoms with Crippen LogP contribution >= 0.6 is 27.5 Å². The van der Waals surface area contributed by atoms with Crippen LogP contribution in [-0.4, -0.2) is 21.7 Å². The maximum atomic E-state index is 8.82. The Balaban J connectivity index is 2.68. The Bertz CT molecular complexity index is 504. The number of aromatic nitrogens is 2. The molecule has 0 atom stereocenters. The molecular formula is C10H8BrClN2O. The van der Waals surface area contributed by atoms with Crippen molar-refractivity contribution in [3.8, 4) is 0 Å². The molecule has 0 amide bonds. The minimum absolute atomic E-state index is 0.0201. The van der Waals surface area contributed by atoms with Crippen molar-refractivity contribution in [3.05, 3.63) is 33.6 Å². The van der Waals surface area contributed by atoms with E-state index in [0.29, 0.717) is 17.4 Å². The number of rotatable bonds is 2. The summed E-state index contributed by atoms with van der Waals surface area (Å²) >= 11 is 9.42. The average Bonchev–Trinajstić information content (AvgIpc) is 2.20. The smallest absolute Gasteiger partial charge is 0.140 e. The van der Waals surface area contributed by atoms with Crippen molar-refractivity contribution in [1.29, 1.82) is 0 Å². The zero-order valence-electron chi connectivity index (χ0n) is 7.74. The van der Waals surface area contributed by atoms with Crippen molar-refractivity contribution >= 4 is 38.4 Å². The molecule has 0 saturated heterocycles. The monoisotopic (exact) mass is 286 g/mol. The molecule has 78 valence electrons. The Morgan fingerprint density at radius 1 is 1.33 bits per heavy atom. The average molecular weight is 288 g/mol. The third-order valence-corrected chi connectivity index (χ3v) is 2.94. The summed E-state index contributed by atoms with van der Waals surface area (Å²) in [7, 11) is 0. The molecule has 0 radical (unpaired) electrons. The molecule has 1 heterocycles. The standard InChI is InChI=1S/C10H8BrClN2O/c11-7-3-1-2-6-9(7)13-8(4-5-15)14-10(6)12/h1-3,15H,4-5H2. The number of hydrogen-bond donors (Lipinski definition) is 1. The molecule has 0 aliphatic rings. The van der Waals surface area contributed by atoms with Gasteiger partial charge in [0.2, 0.25) is 0 Å². The van der Waals surface area contributed by atoms with Gasteiger partial charge in [-0.15, -0.1) is 0 Å². The Kier molecular flexibility index (Phi) is 3.19. The number of fused-ring (bicyclic) bond motifs is 1. The molecule has 15 heavy (non-hydrogen) atoms. The van der Waals surface area contributed by atoms with Crippen LogP contribution in [0.15, 0.2) is 22.7 Å². The maximum Gasteiger partial charge on any atom is 0.140 e. The van der Waals surface area contributed by atoms with Gasteiger partial charge < -0.3 is 5.11 Å². The first kappa shape index (κ1) is 10.8. The molecule has 1 aromatic carbocycles. The number of benzene rings is 1. The SMILES string of the molecule is OCCc1nc(Cl)c2cccc(Br)c2n1. The van der Waals surface area contributed by atoms with E-state index in [2.05, 4.69) is 25.9 Å². The highest BCUT2D eigenvalue weighted by atomic mass is 79.9. The van der Waals surface area contributed by atoms with Crippen LogP contribution in [0.4, 0.5) is 0 Å². The van der Waals surface area contributed by atoms with Gasteiger partial charge in [-0.25, -0.2) is 9.97 Å². The zero-order chi connectivity index (χ0) is 10.8. The fraction of sp³-hybridized carbons (Fsp3) is 0.200. The quantitative estimate of drug-likeness (QED) is 0.864. The summed E-state index contributed by atoms with van der Waals surface area (Å²) in [5.74, 6) is 0.557.